The van der Waals surface area contributed by atoms with Gasteiger partial charge >= 0.3 is 0 Å². The number of aromatic nitrogens is 4. The van der Waals surface area contributed by atoms with Gasteiger partial charge in [-0.15, -0.1) is 21.5 Å². The molecule has 0 atom stereocenters. The van der Waals surface area contributed by atoms with Crippen molar-refractivity contribution in [1.82, 2.24) is 19.6 Å². The van der Waals surface area contributed by atoms with Crippen LogP contribution in [0.25, 0.3) is 4.96 Å². The van der Waals surface area contributed by atoms with Gasteiger partial charge < -0.3 is 0 Å². The quantitative estimate of drug-likeness (QED) is 0.694. The lowest BCUT2D eigenvalue weighted by molar-refractivity contribution is 0.992. The van der Waals surface area contributed by atoms with Crippen molar-refractivity contribution >= 4 is 39.4 Å². The van der Waals surface area contributed by atoms with E-state index in [-0.39, 0.29) is 5.56 Å². The van der Waals surface area contributed by atoms with E-state index < -0.39 is 0 Å². The van der Waals surface area contributed by atoms with Gasteiger partial charge in [-0.2, -0.15) is 0 Å². The highest BCUT2D eigenvalue weighted by Gasteiger charge is 2.07. The van der Waals surface area contributed by atoms with Crippen LogP contribution in [0, 0.1) is 6.92 Å². The molecule has 0 spiro atoms. The van der Waals surface area contributed by atoms with Gasteiger partial charge in [-0.05, 0) is 6.92 Å². The minimum atomic E-state index is -0.0217. The van der Waals surface area contributed by atoms with Crippen molar-refractivity contribution < 1.29 is 0 Å². The maximum absolute atomic E-state index is 11.9. The first-order chi connectivity index (χ1) is 8.74. The zero-order valence-electron chi connectivity index (χ0n) is 9.36. The third kappa shape index (κ3) is 2.18. The van der Waals surface area contributed by atoms with E-state index in [4.69, 9.17) is 0 Å². The van der Waals surface area contributed by atoms with Crippen LogP contribution in [0.3, 0.4) is 0 Å². The fourth-order valence-corrected chi connectivity index (χ4v) is 3.81. The largest absolute Gasteiger partial charge is 0.269 e. The van der Waals surface area contributed by atoms with Gasteiger partial charge in [0.15, 0.2) is 9.30 Å². The maximum Gasteiger partial charge on any atom is 0.258 e. The third-order valence-electron chi connectivity index (χ3n) is 2.31. The van der Waals surface area contributed by atoms with E-state index in [1.54, 1.807) is 27.7 Å². The van der Waals surface area contributed by atoms with Crippen molar-refractivity contribution in [3.05, 3.63) is 38.7 Å². The lowest BCUT2D eigenvalue weighted by Crippen LogP contribution is -2.14. The number of rotatable bonds is 3. The van der Waals surface area contributed by atoms with Crippen molar-refractivity contribution in [3.8, 4) is 0 Å². The van der Waals surface area contributed by atoms with Crippen LogP contribution in [0.2, 0.25) is 0 Å². The number of hydrogen-bond acceptors (Lipinski definition) is 7. The second-order valence-electron chi connectivity index (χ2n) is 3.57. The number of hydrogen-bond donors (Lipinski definition) is 0. The Kier molecular flexibility index (Phi) is 3.14. The van der Waals surface area contributed by atoms with E-state index in [1.165, 1.54) is 22.7 Å². The van der Waals surface area contributed by atoms with Gasteiger partial charge in [0.2, 0.25) is 0 Å². The molecule has 0 unspecified atom stereocenters. The predicted molar refractivity (Wildman–Crippen MR) is 73.5 cm³/mol. The van der Waals surface area contributed by atoms with Crippen LogP contribution in [0.5, 0.6) is 0 Å². The molecule has 18 heavy (non-hydrogen) atoms. The molecule has 0 radical (unpaired) electrons. The topological polar surface area (TPSA) is 60.2 Å². The highest BCUT2D eigenvalue weighted by atomic mass is 32.2. The Morgan fingerprint density at radius 2 is 2.33 bits per heavy atom. The molecular formula is C10H8N4OS3. The summed E-state index contributed by atoms with van der Waals surface area (Å²) >= 11 is 4.51. The fourth-order valence-electron chi connectivity index (χ4n) is 1.54. The van der Waals surface area contributed by atoms with Crippen molar-refractivity contribution in [3.63, 3.8) is 0 Å². The molecule has 3 rings (SSSR count). The molecule has 0 N–H and O–H groups in total. The van der Waals surface area contributed by atoms with Gasteiger partial charge in [0, 0.05) is 22.9 Å². The third-order valence-corrected chi connectivity index (χ3v) is 5.15. The zero-order valence-corrected chi connectivity index (χ0v) is 11.8. The second-order valence-corrected chi connectivity index (χ2v) is 6.47. The minimum Gasteiger partial charge on any atom is -0.269 e. The molecule has 0 amide bonds. The summed E-state index contributed by atoms with van der Waals surface area (Å²) in [5.74, 6) is 0.637. The number of nitrogens with zero attached hydrogens (tertiary/aromatic N) is 4. The Bertz CT molecular complexity index is 731. The smallest absolute Gasteiger partial charge is 0.258 e. The van der Waals surface area contributed by atoms with Gasteiger partial charge in [0.05, 0.1) is 5.69 Å². The fraction of sp³-hybridized carbons (Fsp3) is 0.200. The standard InChI is InChI=1S/C10H8N4OS3/c1-6-3-16-9-12-7(2-8(15)14(6)9)4-17-10-13-11-5-18-10/h2-3,5H,4H2,1H3. The molecule has 8 heteroatoms. The molecule has 0 aliphatic carbocycles. The van der Waals surface area contributed by atoms with Crippen LogP contribution < -0.4 is 5.56 Å². The van der Waals surface area contributed by atoms with Crippen LogP contribution in [0.15, 0.2) is 26.1 Å². The lowest BCUT2D eigenvalue weighted by atomic mass is 10.4. The molecular weight excluding hydrogens is 288 g/mol. The molecule has 0 saturated carbocycles. The highest BCUT2D eigenvalue weighted by Crippen LogP contribution is 2.23. The molecule has 0 fully saturated rings. The van der Waals surface area contributed by atoms with E-state index in [1.807, 2.05) is 12.3 Å². The Hall–Kier alpha value is -1.25. The summed E-state index contributed by atoms with van der Waals surface area (Å²) in [7, 11) is 0. The average Bonchev–Trinajstić information content (AvgIpc) is 2.97. The summed E-state index contributed by atoms with van der Waals surface area (Å²) in [6, 6.07) is 1.58. The molecule has 3 aromatic heterocycles. The number of fused-ring (bicyclic) bond motifs is 1. The summed E-state index contributed by atoms with van der Waals surface area (Å²) in [6.45, 7) is 1.91. The van der Waals surface area contributed by atoms with Crippen LogP contribution in [-0.2, 0) is 5.75 Å². The lowest BCUT2D eigenvalue weighted by Gasteiger charge is -1.99. The van der Waals surface area contributed by atoms with Crippen molar-refractivity contribution in [2.75, 3.05) is 0 Å². The predicted octanol–water partition coefficient (Wildman–Crippen LogP) is 2.21. The van der Waals surface area contributed by atoms with E-state index in [0.717, 1.165) is 20.7 Å². The first-order valence-electron chi connectivity index (χ1n) is 5.10. The summed E-state index contributed by atoms with van der Waals surface area (Å²) in [4.78, 5) is 17.2. The first-order valence-corrected chi connectivity index (χ1v) is 7.84. The first kappa shape index (κ1) is 11.8. The van der Waals surface area contributed by atoms with Crippen molar-refractivity contribution in [2.45, 2.75) is 17.0 Å². The van der Waals surface area contributed by atoms with Gasteiger partial charge in [-0.25, -0.2) is 4.98 Å². The van der Waals surface area contributed by atoms with Gasteiger partial charge in [-0.1, -0.05) is 23.1 Å². The van der Waals surface area contributed by atoms with Crippen LogP contribution in [0.4, 0.5) is 0 Å². The van der Waals surface area contributed by atoms with Crippen LogP contribution in [-0.4, -0.2) is 19.6 Å². The second kappa shape index (κ2) is 4.79. The van der Waals surface area contributed by atoms with Crippen molar-refractivity contribution in [1.29, 1.82) is 0 Å². The normalized spacial score (nSPS) is 11.2. The summed E-state index contributed by atoms with van der Waals surface area (Å²) < 4.78 is 2.52. The molecule has 0 saturated heterocycles. The number of aryl methyl sites for hydroxylation is 1. The highest BCUT2D eigenvalue weighted by molar-refractivity contribution is 8.00. The average molecular weight is 296 g/mol. The van der Waals surface area contributed by atoms with Crippen LogP contribution >= 0.6 is 34.4 Å². The Balaban J connectivity index is 1.91. The number of thioether (sulfide) groups is 1. The van der Waals surface area contributed by atoms with Crippen LogP contribution in [0.1, 0.15) is 11.4 Å². The molecule has 0 bridgehead atoms. The molecule has 0 aromatic carbocycles. The minimum absolute atomic E-state index is 0.0217. The Morgan fingerprint density at radius 1 is 1.44 bits per heavy atom. The van der Waals surface area contributed by atoms with Crippen molar-refractivity contribution in [2.24, 2.45) is 0 Å². The monoisotopic (exact) mass is 296 g/mol. The Morgan fingerprint density at radius 3 is 3.11 bits per heavy atom. The molecule has 0 aliphatic rings. The van der Waals surface area contributed by atoms with Gasteiger partial charge in [0.1, 0.15) is 5.51 Å². The summed E-state index contributed by atoms with van der Waals surface area (Å²) in [6.07, 6.45) is 0. The zero-order chi connectivity index (χ0) is 12.5. The maximum atomic E-state index is 11.9. The summed E-state index contributed by atoms with van der Waals surface area (Å²) in [5, 5.41) is 9.65. The molecule has 3 heterocycles. The summed E-state index contributed by atoms with van der Waals surface area (Å²) in [5.41, 5.74) is 3.38. The SMILES string of the molecule is Cc1csc2nc(CSc3nncs3)cc(=O)n12. The van der Waals surface area contributed by atoms with E-state index in [2.05, 4.69) is 15.2 Å². The Labute approximate surface area is 115 Å². The van der Waals surface area contributed by atoms with Gasteiger partial charge in [-0.3, -0.25) is 9.20 Å². The van der Waals surface area contributed by atoms with Gasteiger partial charge in [0.25, 0.3) is 5.56 Å². The molecule has 92 valence electrons. The number of thiazole rings is 1. The van der Waals surface area contributed by atoms with E-state index >= 15 is 0 Å². The molecule has 0 aliphatic heterocycles. The van der Waals surface area contributed by atoms with E-state index in [0.29, 0.717) is 5.75 Å². The molecule has 3 aromatic rings. The molecule has 5 nitrogen and oxygen atoms in total. The van der Waals surface area contributed by atoms with E-state index in [9.17, 15) is 4.79 Å².